The Hall–Kier alpha value is -4.82. The molecule has 0 saturated carbocycles. The van der Waals surface area contributed by atoms with Crippen LogP contribution >= 0.6 is 0 Å². The lowest BCUT2D eigenvalue weighted by atomic mass is 10.0. The van der Waals surface area contributed by atoms with Crippen molar-refractivity contribution in [3.63, 3.8) is 0 Å². The van der Waals surface area contributed by atoms with Gasteiger partial charge in [-0.3, -0.25) is 18.7 Å². The molecule has 4 aromatic rings. The fraction of sp³-hybridized carbons (Fsp3) is 0.281. The number of rotatable bonds is 12. The van der Waals surface area contributed by atoms with Crippen molar-refractivity contribution in [1.82, 2.24) is 14.2 Å². The van der Waals surface area contributed by atoms with E-state index in [2.05, 4.69) is 0 Å². The minimum Gasteiger partial charge on any atom is -0.494 e. The Morgan fingerprint density at radius 2 is 1.65 bits per heavy atom. The molecular formula is C32H30F5N3O6. The zero-order valence-electron chi connectivity index (χ0n) is 24.7. The van der Waals surface area contributed by atoms with Crippen LogP contribution in [-0.2, 0) is 24.1 Å². The second-order valence-electron chi connectivity index (χ2n) is 10.4. The fourth-order valence-electron chi connectivity index (χ4n) is 5.23. The van der Waals surface area contributed by atoms with Crippen molar-refractivity contribution in [2.45, 2.75) is 45.1 Å². The molecule has 0 spiro atoms. The highest BCUT2D eigenvalue weighted by Crippen LogP contribution is 2.34. The molecule has 4 rings (SSSR count). The number of aliphatic carboxylic acids is 1. The molecule has 0 unspecified atom stereocenters. The van der Waals surface area contributed by atoms with Gasteiger partial charge in [-0.2, -0.15) is 18.2 Å². The molecule has 2 N–H and O–H groups in total. The third-order valence-electron chi connectivity index (χ3n) is 7.56. The second kappa shape index (κ2) is 14.1. The van der Waals surface area contributed by atoms with Crippen LogP contribution in [0.3, 0.4) is 0 Å². The summed E-state index contributed by atoms with van der Waals surface area (Å²) in [6, 6.07) is 13.2. The van der Waals surface area contributed by atoms with Gasteiger partial charge in [-0.25, -0.2) is 13.6 Å². The first-order chi connectivity index (χ1) is 21.8. The highest BCUT2D eigenvalue weighted by Gasteiger charge is 2.35. The van der Waals surface area contributed by atoms with Gasteiger partial charge in [-0.1, -0.05) is 48.5 Å². The molecule has 0 fully saturated rings. The number of ether oxygens (including phenoxy) is 1. The van der Waals surface area contributed by atoms with Gasteiger partial charge in [0.25, 0.3) is 5.56 Å². The lowest BCUT2D eigenvalue weighted by Crippen LogP contribution is -2.45. The topological polar surface area (TPSA) is 114 Å². The zero-order valence-corrected chi connectivity index (χ0v) is 24.7. The largest absolute Gasteiger partial charge is 0.494 e. The number of carboxylic acids is 1. The smallest absolute Gasteiger partial charge is 0.416 e. The standard InChI is InChI=1S/C32H30F5N3O6/c1-19-28(21-11-6-14-26(46-2)29(21)34)30(43)39(18-25(20-9-4-3-5-10-20)40(45)16-8-15-27(41)42)31(44)38(19)17-22-23(32(35,36)37)12-7-13-24(22)33/h3-7,9-14,25,45H,8,15-18H2,1-2H3,(H,41,42)/t25-/m0/s1. The summed E-state index contributed by atoms with van der Waals surface area (Å²) in [5.41, 5.74) is -4.96. The molecule has 14 heteroatoms. The molecule has 9 nitrogen and oxygen atoms in total. The number of hydrogen-bond acceptors (Lipinski definition) is 6. The molecule has 0 aliphatic heterocycles. The van der Waals surface area contributed by atoms with Crippen LogP contribution in [-0.4, -0.2) is 44.1 Å². The Morgan fingerprint density at radius 3 is 2.28 bits per heavy atom. The summed E-state index contributed by atoms with van der Waals surface area (Å²) < 4.78 is 78.7. The molecule has 0 radical (unpaired) electrons. The van der Waals surface area contributed by atoms with Crippen LogP contribution in [0.1, 0.15) is 41.3 Å². The number of carbonyl (C=O) groups is 1. The summed E-state index contributed by atoms with van der Waals surface area (Å²) in [4.78, 5) is 39.1. The number of methoxy groups -OCH3 is 1. The van der Waals surface area contributed by atoms with E-state index in [1.54, 1.807) is 30.3 Å². The number of hydrogen-bond donors (Lipinski definition) is 2. The Bertz CT molecular complexity index is 1840. The fourth-order valence-corrected chi connectivity index (χ4v) is 5.23. The average molecular weight is 648 g/mol. The van der Waals surface area contributed by atoms with Gasteiger partial charge in [0.1, 0.15) is 5.82 Å². The molecule has 1 atom stereocenters. The maximum Gasteiger partial charge on any atom is 0.416 e. The van der Waals surface area contributed by atoms with Crippen LogP contribution < -0.4 is 16.0 Å². The number of hydroxylamine groups is 2. The van der Waals surface area contributed by atoms with Crippen LogP contribution in [0, 0.1) is 18.6 Å². The Balaban J connectivity index is 1.98. The maximum absolute atomic E-state index is 15.6. The summed E-state index contributed by atoms with van der Waals surface area (Å²) >= 11 is 0. The van der Waals surface area contributed by atoms with Crippen molar-refractivity contribution in [3.05, 3.63) is 122 Å². The number of nitrogens with zero attached hydrogens (tertiary/aromatic N) is 3. The molecule has 46 heavy (non-hydrogen) atoms. The number of benzene rings is 3. The lowest BCUT2D eigenvalue weighted by Gasteiger charge is -2.28. The Labute approximate surface area is 259 Å². The molecule has 0 amide bonds. The lowest BCUT2D eigenvalue weighted by molar-refractivity contribution is -0.143. The van der Waals surface area contributed by atoms with Gasteiger partial charge in [0.2, 0.25) is 0 Å². The van der Waals surface area contributed by atoms with Gasteiger partial charge in [0.05, 0.1) is 37.4 Å². The van der Waals surface area contributed by atoms with Crippen LogP contribution in [0.4, 0.5) is 22.0 Å². The minimum absolute atomic E-state index is 0.00400. The highest BCUT2D eigenvalue weighted by molar-refractivity contribution is 5.68. The molecule has 0 bridgehead atoms. The van der Waals surface area contributed by atoms with Crippen molar-refractivity contribution in [2.24, 2.45) is 0 Å². The second-order valence-corrected chi connectivity index (χ2v) is 10.4. The predicted molar refractivity (Wildman–Crippen MR) is 157 cm³/mol. The van der Waals surface area contributed by atoms with Crippen molar-refractivity contribution in [2.75, 3.05) is 13.7 Å². The first kappa shape index (κ1) is 34.1. The van der Waals surface area contributed by atoms with Crippen LogP contribution in [0.2, 0.25) is 0 Å². The van der Waals surface area contributed by atoms with E-state index in [1.807, 2.05) is 0 Å². The molecule has 244 valence electrons. The summed E-state index contributed by atoms with van der Waals surface area (Å²) in [5.74, 6) is -3.61. The number of aromatic nitrogens is 2. The Kier molecular flexibility index (Phi) is 10.4. The van der Waals surface area contributed by atoms with Crippen LogP contribution in [0.5, 0.6) is 5.75 Å². The average Bonchev–Trinajstić information content (AvgIpc) is 3.00. The van der Waals surface area contributed by atoms with E-state index in [0.29, 0.717) is 16.2 Å². The quantitative estimate of drug-likeness (QED) is 0.151. The normalized spacial score (nSPS) is 12.4. The first-order valence-electron chi connectivity index (χ1n) is 14.0. The maximum atomic E-state index is 15.6. The van der Waals surface area contributed by atoms with Crippen LogP contribution in [0.15, 0.2) is 76.3 Å². The third-order valence-corrected chi connectivity index (χ3v) is 7.56. The molecular weight excluding hydrogens is 617 g/mol. The van der Waals surface area contributed by atoms with E-state index in [4.69, 9.17) is 9.84 Å². The number of halogens is 5. The first-order valence-corrected chi connectivity index (χ1v) is 14.0. The molecule has 3 aromatic carbocycles. The number of carboxylic acid groups (broad SMARTS) is 1. The minimum atomic E-state index is -4.99. The van der Waals surface area contributed by atoms with Crippen LogP contribution in [0.25, 0.3) is 11.1 Å². The molecule has 0 saturated heterocycles. The van der Waals surface area contributed by atoms with Gasteiger partial charge in [-0.15, -0.1) is 0 Å². The van der Waals surface area contributed by atoms with E-state index in [0.717, 1.165) is 21.8 Å². The van der Waals surface area contributed by atoms with E-state index in [9.17, 15) is 37.2 Å². The zero-order chi connectivity index (χ0) is 33.8. The van der Waals surface area contributed by atoms with Crippen molar-refractivity contribution in [3.8, 4) is 16.9 Å². The summed E-state index contributed by atoms with van der Waals surface area (Å²) in [6.07, 6.45) is -5.29. The summed E-state index contributed by atoms with van der Waals surface area (Å²) in [6.45, 7) is -0.521. The highest BCUT2D eigenvalue weighted by atomic mass is 19.4. The van der Waals surface area contributed by atoms with Crippen molar-refractivity contribution in [1.29, 1.82) is 0 Å². The van der Waals surface area contributed by atoms with Gasteiger partial charge in [0, 0.05) is 29.8 Å². The van der Waals surface area contributed by atoms with Gasteiger partial charge in [0.15, 0.2) is 11.6 Å². The van der Waals surface area contributed by atoms with E-state index >= 15 is 4.39 Å². The van der Waals surface area contributed by atoms with E-state index in [1.165, 1.54) is 32.2 Å². The van der Waals surface area contributed by atoms with E-state index < -0.39 is 70.9 Å². The van der Waals surface area contributed by atoms with Crippen molar-refractivity contribution < 1.29 is 41.8 Å². The SMILES string of the molecule is COc1cccc(-c2c(C)n(Cc3c(F)cccc3C(F)(F)F)c(=O)n(C[C@@H](c3ccccc3)N(O)CCCC(=O)O)c2=O)c1F. The summed E-state index contributed by atoms with van der Waals surface area (Å²) in [5, 5.41) is 20.8. The third kappa shape index (κ3) is 7.18. The molecule has 1 aromatic heterocycles. The molecule has 1 heterocycles. The monoisotopic (exact) mass is 647 g/mol. The van der Waals surface area contributed by atoms with E-state index in [-0.39, 0.29) is 36.4 Å². The van der Waals surface area contributed by atoms with Crippen molar-refractivity contribution >= 4 is 5.97 Å². The predicted octanol–water partition coefficient (Wildman–Crippen LogP) is 5.64. The molecule has 0 aliphatic rings. The van der Waals surface area contributed by atoms with Gasteiger partial charge >= 0.3 is 17.8 Å². The Morgan fingerprint density at radius 1 is 0.978 bits per heavy atom. The van der Waals surface area contributed by atoms with Gasteiger partial charge in [-0.05, 0) is 37.1 Å². The summed E-state index contributed by atoms with van der Waals surface area (Å²) in [7, 11) is 1.19. The number of alkyl halides is 3. The van der Waals surface area contributed by atoms with Gasteiger partial charge < -0.3 is 15.1 Å². The molecule has 0 aliphatic carbocycles.